The van der Waals surface area contributed by atoms with Crippen LogP contribution in [-0.4, -0.2) is 47.9 Å². The van der Waals surface area contributed by atoms with Crippen LogP contribution in [-0.2, 0) is 11.2 Å². The molecule has 3 aromatic carbocycles. The van der Waals surface area contributed by atoms with Crippen molar-refractivity contribution in [2.24, 2.45) is 0 Å². The second-order valence-corrected chi connectivity index (χ2v) is 9.30. The molecule has 0 radical (unpaired) electrons. The van der Waals surface area contributed by atoms with Gasteiger partial charge < -0.3 is 9.80 Å². The average molecular weight is 463 g/mol. The first kappa shape index (κ1) is 22.9. The second kappa shape index (κ2) is 10.2. The minimum atomic E-state index is -0.181. The second-order valence-electron chi connectivity index (χ2n) is 9.30. The van der Waals surface area contributed by atoms with E-state index in [1.807, 2.05) is 29.2 Å². The normalized spacial score (nSPS) is 18.4. The summed E-state index contributed by atoms with van der Waals surface area (Å²) in [7, 11) is 0. The van der Waals surface area contributed by atoms with Crippen molar-refractivity contribution in [2.75, 3.05) is 31.1 Å². The number of amides is 1. The number of rotatable bonds is 5. The summed E-state index contributed by atoms with van der Waals surface area (Å²) >= 11 is 0. The lowest BCUT2D eigenvalue weighted by atomic mass is 9.96. The van der Waals surface area contributed by atoms with Gasteiger partial charge in [-0.2, -0.15) is 5.26 Å². The number of benzene rings is 3. The van der Waals surface area contributed by atoms with Crippen molar-refractivity contribution >= 4 is 11.6 Å². The van der Waals surface area contributed by atoms with Crippen LogP contribution >= 0.6 is 0 Å². The topological polar surface area (TPSA) is 50.6 Å². The molecule has 5 rings (SSSR count). The molecule has 2 aliphatic rings. The Morgan fingerprint density at radius 2 is 1.46 bits per heavy atom. The highest BCUT2D eigenvalue weighted by atomic mass is 16.2. The minimum Gasteiger partial charge on any atom is -0.343 e. The zero-order chi connectivity index (χ0) is 24.2. The van der Waals surface area contributed by atoms with Gasteiger partial charge in [0, 0.05) is 44.1 Å². The number of nitrogens with zero attached hydrogens (tertiary/aromatic N) is 4. The number of anilines is 1. The molecule has 1 fully saturated rings. The Balaban J connectivity index is 1.32. The van der Waals surface area contributed by atoms with Crippen LogP contribution in [0.2, 0.25) is 0 Å². The van der Waals surface area contributed by atoms with Crippen LogP contribution in [0.5, 0.6) is 0 Å². The number of piperazine rings is 1. The van der Waals surface area contributed by atoms with Crippen molar-refractivity contribution in [1.82, 2.24) is 9.80 Å². The first-order valence-electron chi connectivity index (χ1n) is 12.3. The zero-order valence-electron chi connectivity index (χ0n) is 20.0. The van der Waals surface area contributed by atoms with E-state index in [-0.39, 0.29) is 23.6 Å². The molecule has 3 aromatic rings. The Hall–Kier alpha value is -3.88. The quantitative estimate of drug-likeness (QED) is 0.405. The van der Waals surface area contributed by atoms with Gasteiger partial charge in [-0.25, -0.2) is 0 Å². The fourth-order valence-electron chi connectivity index (χ4n) is 5.30. The highest BCUT2D eigenvalue weighted by molar-refractivity contribution is 5.97. The maximum atomic E-state index is 13.3. The Kier molecular flexibility index (Phi) is 6.65. The average Bonchev–Trinajstić information content (AvgIpc) is 3.23. The van der Waals surface area contributed by atoms with Crippen molar-refractivity contribution in [2.45, 2.75) is 25.4 Å². The first-order chi connectivity index (χ1) is 17.2. The number of carbonyl (C=O) groups is 1. The van der Waals surface area contributed by atoms with Crippen LogP contribution in [0, 0.1) is 11.3 Å². The number of nitriles is 1. The van der Waals surface area contributed by atoms with Gasteiger partial charge in [0.05, 0.1) is 6.04 Å². The highest BCUT2D eigenvalue weighted by Gasteiger charge is 2.31. The van der Waals surface area contributed by atoms with Crippen LogP contribution in [0.3, 0.4) is 0 Å². The molecule has 0 aromatic heterocycles. The number of para-hydroxylation sites is 1. The smallest absolute Gasteiger partial charge is 0.266 e. The molecular weight excluding hydrogens is 432 g/mol. The molecule has 0 spiro atoms. The van der Waals surface area contributed by atoms with E-state index in [2.05, 4.69) is 83.5 Å². The van der Waals surface area contributed by atoms with Gasteiger partial charge in [0.15, 0.2) is 0 Å². The molecule has 1 saturated heterocycles. The fraction of sp³-hybridized carbons (Fsp3) is 0.267. The molecule has 35 heavy (non-hydrogen) atoms. The van der Waals surface area contributed by atoms with Gasteiger partial charge in [0.2, 0.25) is 0 Å². The predicted octanol–water partition coefficient (Wildman–Crippen LogP) is 4.78. The molecule has 5 nitrogen and oxygen atoms in total. The lowest BCUT2D eigenvalue weighted by molar-refractivity contribution is -0.128. The van der Waals surface area contributed by atoms with E-state index in [0.29, 0.717) is 13.1 Å². The van der Waals surface area contributed by atoms with Gasteiger partial charge in [-0.15, -0.1) is 0 Å². The largest absolute Gasteiger partial charge is 0.343 e. The van der Waals surface area contributed by atoms with E-state index >= 15 is 0 Å². The number of hydrogen-bond donors (Lipinski definition) is 0. The van der Waals surface area contributed by atoms with Crippen molar-refractivity contribution in [3.63, 3.8) is 0 Å². The molecule has 1 unspecified atom stereocenters. The molecule has 0 aliphatic carbocycles. The maximum absolute atomic E-state index is 13.3. The standard InChI is InChI=1S/C30H30N4O/c1-23-20-26-14-8-9-15-28(26)34(23)22-27(21-31)30(35)33-18-16-32(17-19-33)29(24-10-4-2-5-11-24)25-12-6-3-7-13-25/h2-15,22-23,29H,16-20H2,1H3/b27-22-. The monoisotopic (exact) mass is 462 g/mol. The van der Waals surface area contributed by atoms with E-state index in [9.17, 15) is 10.1 Å². The summed E-state index contributed by atoms with van der Waals surface area (Å²) in [4.78, 5) is 19.7. The zero-order valence-corrected chi connectivity index (χ0v) is 20.0. The Labute approximate surface area is 207 Å². The predicted molar refractivity (Wildman–Crippen MR) is 139 cm³/mol. The molecule has 0 N–H and O–H groups in total. The van der Waals surface area contributed by atoms with Gasteiger partial charge in [-0.05, 0) is 36.1 Å². The molecule has 5 heteroatoms. The summed E-state index contributed by atoms with van der Waals surface area (Å²) in [5, 5.41) is 9.86. The van der Waals surface area contributed by atoms with Crippen molar-refractivity contribution in [1.29, 1.82) is 5.26 Å². The third-order valence-electron chi connectivity index (χ3n) is 7.08. The van der Waals surface area contributed by atoms with Gasteiger partial charge in [0.1, 0.15) is 11.6 Å². The molecule has 0 saturated carbocycles. The molecule has 176 valence electrons. The summed E-state index contributed by atoms with van der Waals surface area (Å²) in [6.07, 6.45) is 2.67. The SMILES string of the molecule is CC1Cc2ccccc2N1/C=C(/C#N)C(=O)N1CCN(C(c2ccccc2)c2ccccc2)CC1. The summed E-state index contributed by atoms with van der Waals surface area (Å²) in [6, 6.07) is 31.8. The molecule has 2 aliphatic heterocycles. The van der Waals surface area contributed by atoms with Gasteiger partial charge in [-0.3, -0.25) is 9.69 Å². The van der Waals surface area contributed by atoms with Gasteiger partial charge in [-0.1, -0.05) is 78.9 Å². The summed E-state index contributed by atoms with van der Waals surface area (Å²) in [5.41, 5.74) is 5.03. The van der Waals surface area contributed by atoms with Crippen LogP contribution < -0.4 is 4.90 Å². The maximum Gasteiger partial charge on any atom is 0.266 e. The Morgan fingerprint density at radius 1 is 0.886 bits per heavy atom. The van der Waals surface area contributed by atoms with Crippen LogP contribution in [0.4, 0.5) is 5.69 Å². The number of fused-ring (bicyclic) bond motifs is 1. The summed E-state index contributed by atoms with van der Waals surface area (Å²) in [5.74, 6) is -0.181. The molecule has 1 amide bonds. The fourth-order valence-corrected chi connectivity index (χ4v) is 5.30. The molecule has 2 heterocycles. The first-order valence-corrected chi connectivity index (χ1v) is 12.3. The van der Waals surface area contributed by atoms with Crippen LogP contribution in [0.25, 0.3) is 0 Å². The Bertz CT molecular complexity index is 1200. The minimum absolute atomic E-state index is 0.141. The van der Waals surface area contributed by atoms with Crippen molar-refractivity contribution in [3.8, 4) is 6.07 Å². The molecule has 0 bridgehead atoms. The molecule has 1 atom stereocenters. The third-order valence-corrected chi connectivity index (χ3v) is 7.08. The van der Waals surface area contributed by atoms with E-state index in [0.717, 1.165) is 25.2 Å². The van der Waals surface area contributed by atoms with E-state index < -0.39 is 0 Å². The number of carbonyl (C=O) groups excluding carboxylic acids is 1. The van der Waals surface area contributed by atoms with Crippen LogP contribution in [0.1, 0.15) is 29.7 Å². The van der Waals surface area contributed by atoms with Gasteiger partial charge in [0.25, 0.3) is 5.91 Å². The lowest BCUT2D eigenvalue weighted by Crippen LogP contribution is -2.50. The van der Waals surface area contributed by atoms with Gasteiger partial charge >= 0.3 is 0 Å². The molecular formula is C30H30N4O. The summed E-state index contributed by atoms with van der Waals surface area (Å²) in [6.45, 7) is 4.83. The third kappa shape index (κ3) is 4.71. The van der Waals surface area contributed by atoms with E-state index in [1.54, 1.807) is 6.20 Å². The lowest BCUT2D eigenvalue weighted by Gasteiger charge is -2.39. The summed E-state index contributed by atoms with van der Waals surface area (Å²) < 4.78 is 0. The van der Waals surface area contributed by atoms with E-state index in [4.69, 9.17) is 0 Å². The van der Waals surface area contributed by atoms with Crippen LogP contribution in [0.15, 0.2) is 96.7 Å². The van der Waals surface area contributed by atoms with E-state index in [1.165, 1.54) is 16.7 Å². The van der Waals surface area contributed by atoms with Crippen molar-refractivity contribution in [3.05, 3.63) is 113 Å². The van der Waals surface area contributed by atoms with Crippen molar-refractivity contribution < 1.29 is 4.79 Å². The number of hydrogen-bond acceptors (Lipinski definition) is 4. The highest BCUT2D eigenvalue weighted by Crippen LogP contribution is 2.33. The Morgan fingerprint density at radius 3 is 2.06 bits per heavy atom.